The Hall–Kier alpha value is -1.13. The average molecular weight is 311 g/mol. The second-order valence-electron chi connectivity index (χ2n) is 6.13. The lowest BCUT2D eigenvalue weighted by atomic mass is 9.92. The first-order chi connectivity index (χ1) is 10.1. The van der Waals surface area contributed by atoms with Gasteiger partial charge in [0.05, 0.1) is 10.6 Å². The molecule has 0 unspecified atom stereocenters. The SMILES string of the molecule is Cc1cc(C(=O)N2CC[C@@H]3CNC[C@@H]3CC2)c(Cl)cc1F. The van der Waals surface area contributed by atoms with Gasteiger partial charge in [0.15, 0.2) is 0 Å². The second-order valence-corrected chi connectivity index (χ2v) is 6.54. The van der Waals surface area contributed by atoms with Crippen LogP contribution in [0.3, 0.4) is 0 Å². The van der Waals surface area contributed by atoms with E-state index in [1.165, 1.54) is 6.07 Å². The number of nitrogens with one attached hydrogen (secondary N) is 1. The molecule has 0 aromatic heterocycles. The lowest BCUT2D eigenvalue weighted by Crippen LogP contribution is -2.33. The van der Waals surface area contributed by atoms with Gasteiger partial charge in [0, 0.05) is 13.1 Å². The van der Waals surface area contributed by atoms with Crippen molar-refractivity contribution in [3.8, 4) is 0 Å². The van der Waals surface area contributed by atoms with Gasteiger partial charge in [-0.05, 0) is 62.4 Å². The van der Waals surface area contributed by atoms with Crippen LogP contribution in [0, 0.1) is 24.6 Å². The Morgan fingerprint density at radius 1 is 1.29 bits per heavy atom. The Labute approximate surface area is 129 Å². The third-order valence-electron chi connectivity index (χ3n) is 4.79. The second kappa shape index (κ2) is 5.93. The molecule has 1 N–H and O–H groups in total. The summed E-state index contributed by atoms with van der Waals surface area (Å²) in [6.07, 6.45) is 2.06. The van der Waals surface area contributed by atoms with Crippen molar-refractivity contribution < 1.29 is 9.18 Å². The van der Waals surface area contributed by atoms with Gasteiger partial charge in [0.25, 0.3) is 5.91 Å². The Morgan fingerprint density at radius 2 is 1.90 bits per heavy atom. The molecular formula is C16H20ClFN2O. The van der Waals surface area contributed by atoms with Crippen LogP contribution in [0.5, 0.6) is 0 Å². The molecule has 114 valence electrons. The zero-order chi connectivity index (χ0) is 15.0. The summed E-state index contributed by atoms with van der Waals surface area (Å²) in [7, 11) is 0. The fourth-order valence-corrected chi connectivity index (χ4v) is 3.64. The van der Waals surface area contributed by atoms with Crippen LogP contribution in [0.15, 0.2) is 12.1 Å². The summed E-state index contributed by atoms with van der Waals surface area (Å²) in [5.41, 5.74) is 0.874. The number of halogens is 2. The molecule has 0 aliphatic carbocycles. The lowest BCUT2D eigenvalue weighted by Gasteiger charge is -2.22. The van der Waals surface area contributed by atoms with Crippen LogP contribution in [-0.2, 0) is 0 Å². The van der Waals surface area contributed by atoms with Gasteiger partial charge < -0.3 is 10.2 Å². The van der Waals surface area contributed by atoms with Gasteiger partial charge in [-0.2, -0.15) is 0 Å². The quantitative estimate of drug-likeness (QED) is 0.865. The third kappa shape index (κ3) is 2.92. The van der Waals surface area contributed by atoms with E-state index < -0.39 is 0 Å². The number of carbonyl (C=O) groups excluding carboxylic acids is 1. The Balaban J connectivity index is 1.77. The summed E-state index contributed by atoms with van der Waals surface area (Å²) in [6, 6.07) is 2.80. The maximum absolute atomic E-state index is 13.5. The van der Waals surface area contributed by atoms with Crippen molar-refractivity contribution >= 4 is 17.5 Å². The minimum atomic E-state index is -0.368. The first-order valence-corrected chi connectivity index (χ1v) is 7.89. The molecule has 2 atom stereocenters. The molecule has 0 bridgehead atoms. The summed E-state index contributed by atoms with van der Waals surface area (Å²) < 4.78 is 13.5. The maximum atomic E-state index is 13.5. The standard InChI is InChI=1S/C16H20ClFN2O/c1-10-6-13(14(17)7-15(10)18)16(21)20-4-2-11-8-19-9-12(11)3-5-20/h6-7,11-12,19H,2-5,8-9H2,1H3/t11-,12+. The highest BCUT2D eigenvalue weighted by Gasteiger charge is 2.32. The highest BCUT2D eigenvalue weighted by atomic mass is 35.5. The van der Waals surface area contributed by atoms with Crippen molar-refractivity contribution in [3.05, 3.63) is 34.1 Å². The fraction of sp³-hybridized carbons (Fsp3) is 0.562. The molecule has 2 heterocycles. The highest BCUT2D eigenvalue weighted by molar-refractivity contribution is 6.33. The third-order valence-corrected chi connectivity index (χ3v) is 5.10. The van der Waals surface area contributed by atoms with Crippen LogP contribution in [0.25, 0.3) is 0 Å². The van der Waals surface area contributed by atoms with Crippen molar-refractivity contribution in [1.29, 1.82) is 0 Å². The first kappa shape index (κ1) is 14.8. The highest BCUT2D eigenvalue weighted by Crippen LogP contribution is 2.29. The molecule has 3 nitrogen and oxygen atoms in total. The summed E-state index contributed by atoms with van der Waals surface area (Å²) in [5, 5.41) is 3.63. The van der Waals surface area contributed by atoms with E-state index in [1.54, 1.807) is 13.0 Å². The molecule has 0 saturated carbocycles. The molecular weight excluding hydrogens is 291 g/mol. The van der Waals surface area contributed by atoms with Gasteiger partial charge in [-0.3, -0.25) is 4.79 Å². The van der Waals surface area contributed by atoms with Crippen LogP contribution < -0.4 is 5.32 Å². The maximum Gasteiger partial charge on any atom is 0.255 e. The number of nitrogens with zero attached hydrogens (tertiary/aromatic N) is 1. The van der Waals surface area contributed by atoms with E-state index in [2.05, 4.69) is 5.32 Å². The first-order valence-electron chi connectivity index (χ1n) is 7.52. The van der Waals surface area contributed by atoms with Crippen molar-refractivity contribution in [2.24, 2.45) is 11.8 Å². The van der Waals surface area contributed by atoms with Crippen LogP contribution in [-0.4, -0.2) is 37.0 Å². The Bertz CT molecular complexity index is 549. The number of fused-ring (bicyclic) bond motifs is 1. The van der Waals surface area contributed by atoms with Gasteiger partial charge >= 0.3 is 0 Å². The number of hydrogen-bond acceptors (Lipinski definition) is 2. The summed E-state index contributed by atoms with van der Waals surface area (Å²) in [5.74, 6) is 0.908. The predicted octanol–water partition coefficient (Wildman–Crippen LogP) is 2.86. The van der Waals surface area contributed by atoms with Gasteiger partial charge in [-0.1, -0.05) is 11.6 Å². The van der Waals surface area contributed by atoms with E-state index >= 15 is 0 Å². The molecule has 1 aromatic rings. The number of carbonyl (C=O) groups is 1. The largest absolute Gasteiger partial charge is 0.339 e. The van der Waals surface area contributed by atoms with Gasteiger partial charge in [0.1, 0.15) is 5.82 Å². The number of likely N-dealkylation sites (tertiary alicyclic amines) is 1. The number of hydrogen-bond donors (Lipinski definition) is 1. The van der Waals surface area contributed by atoms with Crippen LogP contribution in [0.4, 0.5) is 4.39 Å². The molecule has 2 saturated heterocycles. The number of amides is 1. The predicted molar refractivity (Wildman–Crippen MR) is 81.1 cm³/mol. The van der Waals surface area contributed by atoms with Crippen molar-refractivity contribution in [3.63, 3.8) is 0 Å². The van der Waals surface area contributed by atoms with Gasteiger partial charge in [0.2, 0.25) is 0 Å². The Morgan fingerprint density at radius 3 is 2.52 bits per heavy atom. The molecule has 2 fully saturated rings. The zero-order valence-electron chi connectivity index (χ0n) is 12.2. The molecule has 0 spiro atoms. The minimum Gasteiger partial charge on any atom is -0.339 e. The van der Waals surface area contributed by atoms with E-state index in [9.17, 15) is 9.18 Å². The van der Waals surface area contributed by atoms with Crippen molar-refractivity contribution in [2.45, 2.75) is 19.8 Å². The van der Waals surface area contributed by atoms with Crippen molar-refractivity contribution in [2.75, 3.05) is 26.2 Å². The van der Waals surface area contributed by atoms with E-state index in [0.29, 0.717) is 23.0 Å². The zero-order valence-corrected chi connectivity index (χ0v) is 12.9. The molecule has 5 heteroatoms. The monoisotopic (exact) mass is 310 g/mol. The lowest BCUT2D eigenvalue weighted by molar-refractivity contribution is 0.0758. The normalized spacial score (nSPS) is 25.6. The van der Waals surface area contributed by atoms with Crippen molar-refractivity contribution in [1.82, 2.24) is 10.2 Å². The molecule has 2 aliphatic rings. The fourth-order valence-electron chi connectivity index (χ4n) is 3.41. The van der Waals surface area contributed by atoms with E-state index in [1.807, 2.05) is 4.90 Å². The van der Waals surface area contributed by atoms with Crippen LogP contribution >= 0.6 is 11.6 Å². The average Bonchev–Trinajstić information content (AvgIpc) is 2.81. The van der Waals surface area contributed by atoms with Crippen LogP contribution in [0.1, 0.15) is 28.8 Å². The van der Waals surface area contributed by atoms with E-state index in [0.717, 1.165) is 39.0 Å². The van der Waals surface area contributed by atoms with Crippen LogP contribution in [0.2, 0.25) is 5.02 Å². The molecule has 21 heavy (non-hydrogen) atoms. The van der Waals surface area contributed by atoms with E-state index in [4.69, 9.17) is 11.6 Å². The topological polar surface area (TPSA) is 32.3 Å². The number of rotatable bonds is 1. The van der Waals surface area contributed by atoms with Gasteiger partial charge in [-0.15, -0.1) is 0 Å². The molecule has 3 rings (SSSR count). The molecule has 2 aliphatic heterocycles. The van der Waals surface area contributed by atoms with Gasteiger partial charge in [-0.25, -0.2) is 4.39 Å². The Kier molecular flexibility index (Phi) is 4.18. The molecule has 1 aromatic carbocycles. The summed E-state index contributed by atoms with van der Waals surface area (Å²) in [4.78, 5) is 14.5. The minimum absolute atomic E-state index is 0.0731. The number of benzene rings is 1. The smallest absolute Gasteiger partial charge is 0.255 e. The summed E-state index contributed by atoms with van der Waals surface area (Å²) in [6.45, 7) is 5.29. The summed E-state index contributed by atoms with van der Waals surface area (Å²) >= 11 is 6.05. The number of aryl methyl sites for hydroxylation is 1. The molecule has 0 radical (unpaired) electrons. The molecule has 1 amide bonds. The van der Waals surface area contributed by atoms with E-state index in [-0.39, 0.29) is 16.7 Å².